The molecule has 0 unspecified atom stereocenters. The number of carbonyl (C=O) groups is 1. The van der Waals surface area contributed by atoms with E-state index >= 15 is 0 Å². The van der Waals surface area contributed by atoms with E-state index < -0.39 is 5.91 Å². The van der Waals surface area contributed by atoms with Gasteiger partial charge in [0, 0.05) is 12.7 Å². The van der Waals surface area contributed by atoms with Crippen molar-refractivity contribution in [1.29, 1.82) is 5.26 Å². The zero-order valence-corrected chi connectivity index (χ0v) is 10.8. The zero-order chi connectivity index (χ0) is 13.4. The third kappa shape index (κ3) is 4.11. The first-order valence-electron chi connectivity index (χ1n) is 5.58. The molecular formula is C13H14ClN3O. The van der Waals surface area contributed by atoms with Gasteiger partial charge in [-0.05, 0) is 18.6 Å². The first-order chi connectivity index (χ1) is 8.69. The Balaban J connectivity index is 2.72. The van der Waals surface area contributed by atoms with Crippen molar-refractivity contribution in [1.82, 2.24) is 5.32 Å². The van der Waals surface area contributed by atoms with E-state index in [1.165, 1.54) is 6.20 Å². The van der Waals surface area contributed by atoms with Gasteiger partial charge in [0.05, 0.1) is 10.7 Å². The number of para-hydroxylation sites is 1. The third-order valence-electron chi connectivity index (χ3n) is 2.13. The van der Waals surface area contributed by atoms with Crippen LogP contribution in [0.3, 0.4) is 0 Å². The van der Waals surface area contributed by atoms with Crippen LogP contribution in [0.5, 0.6) is 0 Å². The second-order valence-electron chi connectivity index (χ2n) is 3.56. The van der Waals surface area contributed by atoms with Crippen molar-refractivity contribution in [3.63, 3.8) is 0 Å². The van der Waals surface area contributed by atoms with Gasteiger partial charge in [0.25, 0.3) is 5.91 Å². The number of rotatable bonds is 5. The highest BCUT2D eigenvalue weighted by atomic mass is 35.5. The minimum absolute atomic E-state index is 0.0170. The summed E-state index contributed by atoms with van der Waals surface area (Å²) < 4.78 is 0. The van der Waals surface area contributed by atoms with E-state index in [4.69, 9.17) is 16.9 Å². The molecule has 0 atom stereocenters. The second kappa shape index (κ2) is 7.36. The van der Waals surface area contributed by atoms with Gasteiger partial charge in [0.1, 0.15) is 11.6 Å². The number of amides is 1. The number of nitrogens with one attached hydrogen (secondary N) is 2. The summed E-state index contributed by atoms with van der Waals surface area (Å²) in [5.74, 6) is -0.478. The molecule has 1 amide bonds. The maximum absolute atomic E-state index is 11.8. The van der Waals surface area contributed by atoms with Crippen LogP contribution in [0.4, 0.5) is 5.69 Å². The zero-order valence-electron chi connectivity index (χ0n) is 10.0. The Labute approximate surface area is 111 Å². The van der Waals surface area contributed by atoms with E-state index in [1.54, 1.807) is 24.3 Å². The van der Waals surface area contributed by atoms with Crippen LogP contribution in [0, 0.1) is 11.3 Å². The summed E-state index contributed by atoms with van der Waals surface area (Å²) >= 11 is 5.91. The molecule has 0 bridgehead atoms. The number of carbonyl (C=O) groups excluding carboxylic acids is 1. The highest BCUT2D eigenvalue weighted by molar-refractivity contribution is 6.33. The number of halogens is 1. The molecule has 0 aliphatic heterocycles. The Bertz CT molecular complexity index is 491. The quantitative estimate of drug-likeness (QED) is 0.488. The largest absolute Gasteiger partial charge is 0.390 e. The maximum atomic E-state index is 11.8. The number of hydrogen-bond donors (Lipinski definition) is 2. The van der Waals surface area contributed by atoms with Crippen molar-refractivity contribution in [2.24, 2.45) is 0 Å². The van der Waals surface area contributed by atoms with Crippen LogP contribution >= 0.6 is 11.6 Å². The van der Waals surface area contributed by atoms with Gasteiger partial charge in [-0.3, -0.25) is 4.79 Å². The molecule has 0 heterocycles. The Morgan fingerprint density at radius 1 is 1.50 bits per heavy atom. The number of nitrogens with zero attached hydrogens (tertiary/aromatic N) is 1. The molecule has 1 aromatic rings. The Morgan fingerprint density at radius 3 is 2.83 bits per heavy atom. The van der Waals surface area contributed by atoms with Crippen LogP contribution in [0.25, 0.3) is 0 Å². The first kappa shape index (κ1) is 14.1. The molecule has 0 radical (unpaired) electrons. The predicted octanol–water partition coefficient (Wildman–Crippen LogP) is 2.69. The molecule has 2 N–H and O–H groups in total. The smallest absolute Gasteiger partial charge is 0.267 e. The van der Waals surface area contributed by atoms with Crippen molar-refractivity contribution in [2.75, 3.05) is 11.9 Å². The van der Waals surface area contributed by atoms with Crippen molar-refractivity contribution < 1.29 is 4.79 Å². The molecule has 18 heavy (non-hydrogen) atoms. The Hall–Kier alpha value is -1.99. The molecular weight excluding hydrogens is 250 g/mol. The molecule has 0 aliphatic rings. The lowest BCUT2D eigenvalue weighted by atomic mass is 10.2. The van der Waals surface area contributed by atoms with Crippen molar-refractivity contribution in [3.8, 4) is 6.07 Å². The summed E-state index contributed by atoms with van der Waals surface area (Å²) in [4.78, 5) is 11.8. The standard InChI is InChI=1S/C13H14ClN3O/c1-2-7-16-9-10(8-15)13(18)17-12-6-4-3-5-11(12)14/h3-6,9,16H,2,7H2,1H3,(H,17,18)/b10-9-. The van der Waals surface area contributed by atoms with Gasteiger partial charge in [0.15, 0.2) is 0 Å². The Kier molecular flexibility index (Phi) is 5.75. The molecule has 4 nitrogen and oxygen atoms in total. The minimum atomic E-state index is -0.478. The summed E-state index contributed by atoms with van der Waals surface area (Å²) in [6.07, 6.45) is 2.33. The molecule has 5 heteroatoms. The molecule has 0 spiro atoms. The average molecular weight is 264 g/mol. The minimum Gasteiger partial charge on any atom is -0.390 e. The fourth-order valence-electron chi connectivity index (χ4n) is 1.22. The van der Waals surface area contributed by atoms with Crippen molar-refractivity contribution in [3.05, 3.63) is 41.1 Å². The molecule has 1 rings (SSSR count). The normalized spacial score (nSPS) is 10.6. The summed E-state index contributed by atoms with van der Waals surface area (Å²) in [5.41, 5.74) is 0.504. The number of anilines is 1. The molecule has 0 aromatic heterocycles. The van der Waals surface area contributed by atoms with Crippen LogP contribution in [-0.4, -0.2) is 12.5 Å². The highest BCUT2D eigenvalue weighted by Crippen LogP contribution is 2.20. The fraction of sp³-hybridized carbons (Fsp3) is 0.231. The lowest BCUT2D eigenvalue weighted by Gasteiger charge is -2.06. The summed E-state index contributed by atoms with van der Waals surface area (Å²) in [6.45, 7) is 2.71. The van der Waals surface area contributed by atoms with E-state index in [9.17, 15) is 4.79 Å². The van der Waals surface area contributed by atoms with Gasteiger partial charge >= 0.3 is 0 Å². The van der Waals surface area contributed by atoms with Gasteiger partial charge in [-0.25, -0.2) is 0 Å². The maximum Gasteiger partial charge on any atom is 0.267 e. The van der Waals surface area contributed by atoms with Gasteiger partial charge in [-0.15, -0.1) is 0 Å². The van der Waals surface area contributed by atoms with E-state index in [0.717, 1.165) is 6.42 Å². The third-order valence-corrected chi connectivity index (χ3v) is 2.46. The van der Waals surface area contributed by atoms with E-state index in [1.807, 2.05) is 13.0 Å². The number of hydrogen-bond acceptors (Lipinski definition) is 3. The van der Waals surface area contributed by atoms with E-state index in [2.05, 4.69) is 10.6 Å². The van der Waals surface area contributed by atoms with E-state index in [0.29, 0.717) is 17.3 Å². The average Bonchev–Trinajstić information content (AvgIpc) is 2.37. The van der Waals surface area contributed by atoms with Crippen molar-refractivity contribution >= 4 is 23.2 Å². The fourth-order valence-corrected chi connectivity index (χ4v) is 1.40. The first-order valence-corrected chi connectivity index (χ1v) is 5.96. The van der Waals surface area contributed by atoms with Crippen LogP contribution in [-0.2, 0) is 4.79 Å². The summed E-state index contributed by atoms with van der Waals surface area (Å²) in [5, 5.41) is 14.8. The van der Waals surface area contributed by atoms with Gasteiger partial charge in [0.2, 0.25) is 0 Å². The summed E-state index contributed by atoms with van der Waals surface area (Å²) in [6, 6.07) is 8.71. The van der Waals surface area contributed by atoms with Crippen LogP contribution in [0.1, 0.15) is 13.3 Å². The van der Waals surface area contributed by atoms with Gasteiger partial charge in [-0.2, -0.15) is 5.26 Å². The molecule has 0 saturated heterocycles. The lowest BCUT2D eigenvalue weighted by molar-refractivity contribution is -0.112. The van der Waals surface area contributed by atoms with Gasteiger partial charge < -0.3 is 10.6 Å². The molecule has 0 aliphatic carbocycles. The van der Waals surface area contributed by atoms with Crippen LogP contribution < -0.4 is 10.6 Å². The number of benzene rings is 1. The predicted molar refractivity (Wildman–Crippen MR) is 72.1 cm³/mol. The molecule has 0 fully saturated rings. The van der Waals surface area contributed by atoms with Crippen LogP contribution in [0.2, 0.25) is 5.02 Å². The summed E-state index contributed by atoms with van der Waals surface area (Å²) in [7, 11) is 0. The van der Waals surface area contributed by atoms with Gasteiger partial charge in [-0.1, -0.05) is 30.7 Å². The highest BCUT2D eigenvalue weighted by Gasteiger charge is 2.10. The topological polar surface area (TPSA) is 64.9 Å². The molecule has 1 aromatic carbocycles. The molecule has 94 valence electrons. The monoisotopic (exact) mass is 263 g/mol. The second-order valence-corrected chi connectivity index (χ2v) is 3.97. The van der Waals surface area contributed by atoms with Crippen LogP contribution in [0.15, 0.2) is 36.0 Å². The SMILES string of the molecule is CCCN/C=C(/C#N)C(=O)Nc1ccccc1Cl. The lowest BCUT2D eigenvalue weighted by Crippen LogP contribution is -2.17. The number of nitriles is 1. The van der Waals surface area contributed by atoms with E-state index in [-0.39, 0.29) is 5.57 Å². The van der Waals surface area contributed by atoms with Crippen molar-refractivity contribution in [2.45, 2.75) is 13.3 Å². The Morgan fingerprint density at radius 2 is 2.22 bits per heavy atom. The molecule has 0 saturated carbocycles.